The monoisotopic (exact) mass is 738 g/mol. The van der Waals surface area contributed by atoms with Crippen LogP contribution in [0.15, 0.2) is 182 Å². The van der Waals surface area contributed by atoms with Crippen molar-refractivity contribution in [1.29, 1.82) is 0 Å². The number of hydrogen-bond acceptors (Lipinski definition) is 6. The lowest BCUT2D eigenvalue weighted by molar-refractivity contribution is 1.35. The Morgan fingerprint density at radius 1 is 0.276 bits per heavy atom. The van der Waals surface area contributed by atoms with E-state index in [1.54, 1.807) is 0 Å². The highest BCUT2D eigenvalue weighted by Gasteiger charge is 2.13. The zero-order valence-corrected chi connectivity index (χ0v) is 31.0. The molecule has 0 saturated heterocycles. The molecule has 0 N–H and O–H groups in total. The van der Waals surface area contributed by atoms with Gasteiger partial charge in [-0.3, -0.25) is 15.0 Å². The summed E-state index contributed by atoms with van der Waals surface area (Å²) in [5.41, 5.74) is 13.6. The molecule has 0 saturated carbocycles. The molecular formula is C52H30N6. The molecule has 6 aromatic carbocycles. The Morgan fingerprint density at radius 2 is 0.741 bits per heavy atom. The maximum Gasteiger partial charge on any atom is 0.0972 e. The summed E-state index contributed by atoms with van der Waals surface area (Å²) in [4.78, 5) is 29.4. The molecule has 6 heterocycles. The van der Waals surface area contributed by atoms with Gasteiger partial charge in [-0.2, -0.15) is 0 Å². The average Bonchev–Trinajstić information content (AvgIpc) is 3.30. The molecule has 0 fully saturated rings. The number of benzene rings is 6. The van der Waals surface area contributed by atoms with Crippen LogP contribution in [-0.4, -0.2) is 29.9 Å². The predicted molar refractivity (Wildman–Crippen MR) is 237 cm³/mol. The van der Waals surface area contributed by atoms with Crippen LogP contribution in [0.25, 0.3) is 121 Å². The average molecular weight is 739 g/mol. The van der Waals surface area contributed by atoms with E-state index < -0.39 is 0 Å². The van der Waals surface area contributed by atoms with Gasteiger partial charge in [-0.1, -0.05) is 103 Å². The molecule has 0 atom stereocenters. The summed E-state index contributed by atoms with van der Waals surface area (Å²) in [6, 6.07) is 57.4. The predicted octanol–water partition coefficient (Wildman–Crippen LogP) is 12.8. The van der Waals surface area contributed by atoms with Crippen molar-refractivity contribution in [2.75, 3.05) is 0 Å². The second kappa shape index (κ2) is 12.8. The quantitative estimate of drug-likeness (QED) is 0.167. The minimum Gasteiger partial charge on any atom is -0.254 e. The van der Waals surface area contributed by atoms with Gasteiger partial charge in [-0.05, 0) is 82.6 Å². The Labute approximate surface area is 332 Å². The summed E-state index contributed by atoms with van der Waals surface area (Å²) in [5, 5.41) is 8.78. The molecule has 12 rings (SSSR count). The van der Waals surface area contributed by atoms with E-state index in [0.29, 0.717) is 0 Å². The van der Waals surface area contributed by atoms with E-state index in [9.17, 15) is 0 Å². The maximum absolute atomic E-state index is 5.18. The van der Waals surface area contributed by atoms with Gasteiger partial charge in [0.2, 0.25) is 0 Å². The Bertz CT molecular complexity index is 3650. The van der Waals surface area contributed by atoms with Crippen molar-refractivity contribution in [2.45, 2.75) is 0 Å². The van der Waals surface area contributed by atoms with Crippen molar-refractivity contribution in [2.24, 2.45) is 0 Å². The van der Waals surface area contributed by atoms with Crippen molar-refractivity contribution >= 4 is 76.2 Å². The zero-order valence-electron chi connectivity index (χ0n) is 31.0. The number of rotatable bonds is 4. The Kier molecular flexibility index (Phi) is 7.13. The molecule has 6 nitrogen and oxygen atoms in total. The lowest BCUT2D eigenvalue weighted by atomic mass is 9.98. The van der Waals surface area contributed by atoms with E-state index in [-0.39, 0.29) is 0 Å². The molecule has 0 aliphatic heterocycles. The van der Waals surface area contributed by atoms with Crippen LogP contribution in [0, 0.1) is 0 Å². The largest absolute Gasteiger partial charge is 0.254 e. The van der Waals surface area contributed by atoms with E-state index in [1.807, 2.05) is 36.8 Å². The smallest absolute Gasteiger partial charge is 0.0972 e. The molecule has 0 amide bonds. The topological polar surface area (TPSA) is 77.3 Å². The summed E-state index contributed by atoms with van der Waals surface area (Å²) in [6.45, 7) is 0. The van der Waals surface area contributed by atoms with Crippen LogP contribution in [-0.2, 0) is 0 Å². The van der Waals surface area contributed by atoms with E-state index in [2.05, 4.69) is 156 Å². The Hall–Kier alpha value is -7.96. The van der Waals surface area contributed by atoms with Crippen molar-refractivity contribution in [3.05, 3.63) is 182 Å². The van der Waals surface area contributed by atoms with Gasteiger partial charge in [0.15, 0.2) is 0 Å². The standard InChI is InChI=1S/C52H30N6/c1-3-33-7-8-35-18-21-45(58-51(35)49(33)53-24-1)40-14-12-36-27-37(10-11-38(36)28-40)39-9-5-31-16-20-44(56-47(31)29-39)41-13-6-32-17-22-46(57-48(32)30-41)42-23-26-55-52-43(42)19-15-34-4-2-25-54-50(34)52/h1-30H. The first-order chi connectivity index (χ1) is 28.7. The normalized spacial score (nSPS) is 11.8. The molecule has 0 unspecified atom stereocenters. The van der Waals surface area contributed by atoms with Crippen molar-refractivity contribution in [3.63, 3.8) is 0 Å². The molecule has 12 aromatic rings. The van der Waals surface area contributed by atoms with Gasteiger partial charge in [0, 0.05) is 67.6 Å². The zero-order chi connectivity index (χ0) is 38.2. The van der Waals surface area contributed by atoms with Crippen LogP contribution in [0.3, 0.4) is 0 Å². The van der Waals surface area contributed by atoms with E-state index >= 15 is 0 Å². The molecule has 0 bridgehead atoms. The third-order valence-corrected chi connectivity index (χ3v) is 11.3. The van der Waals surface area contributed by atoms with E-state index in [0.717, 1.165) is 116 Å². The van der Waals surface area contributed by atoms with E-state index in [4.69, 9.17) is 19.9 Å². The summed E-state index contributed by atoms with van der Waals surface area (Å²) in [6.07, 6.45) is 5.49. The van der Waals surface area contributed by atoms with Crippen molar-refractivity contribution < 1.29 is 0 Å². The van der Waals surface area contributed by atoms with Crippen LogP contribution < -0.4 is 0 Å². The number of aromatic nitrogens is 6. The molecule has 0 spiro atoms. The van der Waals surface area contributed by atoms with Crippen LogP contribution in [0.2, 0.25) is 0 Å². The lowest BCUT2D eigenvalue weighted by Gasteiger charge is -2.10. The van der Waals surface area contributed by atoms with Gasteiger partial charge in [0.1, 0.15) is 0 Å². The van der Waals surface area contributed by atoms with Gasteiger partial charge in [-0.25, -0.2) is 15.0 Å². The van der Waals surface area contributed by atoms with E-state index in [1.165, 1.54) is 5.39 Å². The maximum atomic E-state index is 5.18. The molecular weight excluding hydrogens is 709 g/mol. The first kappa shape index (κ1) is 32.3. The second-order valence-electron chi connectivity index (χ2n) is 14.8. The second-order valence-corrected chi connectivity index (χ2v) is 14.8. The fourth-order valence-electron chi connectivity index (χ4n) is 8.33. The fourth-order valence-corrected chi connectivity index (χ4v) is 8.33. The number of hydrogen-bond donors (Lipinski definition) is 0. The summed E-state index contributed by atoms with van der Waals surface area (Å²) in [7, 11) is 0. The third kappa shape index (κ3) is 5.34. The summed E-state index contributed by atoms with van der Waals surface area (Å²) in [5.74, 6) is 0. The molecule has 0 aliphatic carbocycles. The van der Waals surface area contributed by atoms with Gasteiger partial charge in [-0.15, -0.1) is 0 Å². The highest BCUT2D eigenvalue weighted by atomic mass is 14.8. The molecule has 0 aliphatic rings. The summed E-state index contributed by atoms with van der Waals surface area (Å²) >= 11 is 0. The number of fused-ring (bicyclic) bond motifs is 9. The lowest BCUT2D eigenvalue weighted by Crippen LogP contribution is -1.91. The molecule has 0 radical (unpaired) electrons. The highest BCUT2D eigenvalue weighted by molar-refractivity contribution is 6.08. The van der Waals surface area contributed by atoms with Crippen LogP contribution in [0.4, 0.5) is 0 Å². The number of pyridine rings is 6. The third-order valence-electron chi connectivity index (χ3n) is 11.3. The molecule has 268 valence electrons. The minimum absolute atomic E-state index is 0.880. The SMILES string of the molecule is c1cnc2c(c1)ccc1ccc(-c3ccc4cc(-c5ccc6ccc(-c7ccc8ccc(-c9ccnc%10c9ccc9cccnc9%10)nc8c7)nc6c5)ccc4c3)nc12. The minimum atomic E-state index is 0.880. The first-order valence-electron chi connectivity index (χ1n) is 19.3. The highest BCUT2D eigenvalue weighted by Crippen LogP contribution is 2.34. The first-order valence-corrected chi connectivity index (χ1v) is 19.3. The molecule has 6 aromatic heterocycles. The summed E-state index contributed by atoms with van der Waals surface area (Å²) < 4.78 is 0. The Morgan fingerprint density at radius 3 is 1.48 bits per heavy atom. The van der Waals surface area contributed by atoms with Crippen LogP contribution in [0.1, 0.15) is 0 Å². The molecule has 6 heteroatoms. The Balaban J connectivity index is 0.869. The van der Waals surface area contributed by atoms with Gasteiger partial charge in [0.05, 0.1) is 50.2 Å². The van der Waals surface area contributed by atoms with Gasteiger partial charge < -0.3 is 0 Å². The van der Waals surface area contributed by atoms with Gasteiger partial charge in [0.25, 0.3) is 0 Å². The molecule has 58 heavy (non-hydrogen) atoms. The number of nitrogens with zero attached hydrogens (tertiary/aromatic N) is 6. The van der Waals surface area contributed by atoms with Crippen molar-refractivity contribution in [3.8, 4) is 44.9 Å². The van der Waals surface area contributed by atoms with Crippen LogP contribution >= 0.6 is 0 Å². The van der Waals surface area contributed by atoms with Gasteiger partial charge >= 0.3 is 0 Å². The van der Waals surface area contributed by atoms with Crippen molar-refractivity contribution in [1.82, 2.24) is 29.9 Å². The fraction of sp³-hybridized carbons (Fsp3) is 0. The van der Waals surface area contributed by atoms with Crippen LogP contribution in [0.5, 0.6) is 0 Å².